The summed E-state index contributed by atoms with van der Waals surface area (Å²) in [5, 5.41) is 21.9. The number of thioether (sulfide) groups is 1. The number of carboxylic acids is 2. The highest BCUT2D eigenvalue weighted by Gasteiger charge is 2.39. The van der Waals surface area contributed by atoms with Gasteiger partial charge in [-0.2, -0.15) is 26.3 Å². The predicted molar refractivity (Wildman–Crippen MR) is 158 cm³/mol. The molecule has 0 aliphatic carbocycles. The molecule has 0 aliphatic heterocycles. The zero-order valence-corrected chi connectivity index (χ0v) is 26.1. The number of hydrogen-bond donors (Lipinski definition) is 6. The number of hydrogen-bond acceptors (Lipinski definition) is 9. The number of alkyl halides is 6. The number of hydroxylamine groups is 1. The van der Waals surface area contributed by atoms with Crippen LogP contribution in [0.25, 0.3) is 11.1 Å². The Kier molecular flexibility index (Phi) is 14.1. The summed E-state index contributed by atoms with van der Waals surface area (Å²) in [7, 11) is -2.37. The first-order valence-electron chi connectivity index (χ1n) is 11.8. The number of carbonyl (C=O) groups is 2. The monoisotopic (exact) mass is 717 g/mol. The Morgan fingerprint density at radius 1 is 0.978 bits per heavy atom. The van der Waals surface area contributed by atoms with Gasteiger partial charge in [-0.1, -0.05) is 24.3 Å². The van der Waals surface area contributed by atoms with E-state index >= 15 is 0 Å². The highest BCUT2D eigenvalue weighted by molar-refractivity contribution is 8.01. The van der Waals surface area contributed by atoms with E-state index in [2.05, 4.69) is 10.5 Å². The molecule has 12 nitrogen and oxygen atoms in total. The third-order valence-corrected chi connectivity index (χ3v) is 9.58. The molecule has 0 aliphatic rings. The first kappa shape index (κ1) is 39.7. The van der Waals surface area contributed by atoms with Crippen LogP contribution in [0.3, 0.4) is 0 Å². The lowest BCUT2D eigenvalue weighted by Gasteiger charge is -2.13. The van der Waals surface area contributed by atoms with E-state index < -0.39 is 34.1 Å². The van der Waals surface area contributed by atoms with Crippen molar-refractivity contribution in [1.29, 1.82) is 5.41 Å². The Bertz CT molecular complexity index is 1670. The van der Waals surface area contributed by atoms with Crippen LogP contribution >= 0.6 is 23.1 Å². The van der Waals surface area contributed by atoms with Crippen molar-refractivity contribution in [2.75, 3.05) is 13.4 Å². The fourth-order valence-corrected chi connectivity index (χ4v) is 7.26. The molecule has 3 rings (SSSR count). The molecule has 2 aromatic carbocycles. The van der Waals surface area contributed by atoms with Gasteiger partial charge in [0.15, 0.2) is 0 Å². The van der Waals surface area contributed by atoms with Crippen LogP contribution in [0.15, 0.2) is 67.5 Å². The molecular formula is C25H25F6N5O7S3. The van der Waals surface area contributed by atoms with Gasteiger partial charge in [0.2, 0.25) is 15.8 Å². The normalized spacial score (nSPS) is 11.8. The van der Waals surface area contributed by atoms with Gasteiger partial charge in [-0.15, -0.1) is 23.1 Å². The van der Waals surface area contributed by atoms with Crippen molar-refractivity contribution in [2.45, 2.75) is 33.3 Å². The molecule has 0 amide bonds. The molecule has 1 aromatic heterocycles. The highest BCUT2D eigenvalue weighted by Crippen LogP contribution is 2.39. The Labute approximate surface area is 265 Å². The fourth-order valence-electron chi connectivity index (χ4n) is 3.14. The van der Waals surface area contributed by atoms with Crippen molar-refractivity contribution >= 4 is 62.4 Å². The topological polar surface area (TPSA) is 218 Å². The van der Waals surface area contributed by atoms with Crippen molar-refractivity contribution < 1.29 is 59.4 Å². The van der Waals surface area contributed by atoms with Crippen LogP contribution in [-0.4, -0.2) is 68.1 Å². The zero-order valence-electron chi connectivity index (χ0n) is 23.6. The summed E-state index contributed by atoms with van der Waals surface area (Å²) in [6.45, 7) is 1.78. The van der Waals surface area contributed by atoms with Gasteiger partial charge in [0.25, 0.3) is 0 Å². The number of nitrogens with two attached hydrogens (primary N) is 2. The van der Waals surface area contributed by atoms with Crippen LogP contribution in [0.1, 0.15) is 10.4 Å². The number of benzene rings is 2. The minimum atomic E-state index is -5.08. The maximum atomic E-state index is 13.5. The lowest BCUT2D eigenvalue weighted by molar-refractivity contribution is -0.193. The molecule has 252 valence electrons. The number of nitrogens with zero attached hydrogens (tertiary/aromatic N) is 1. The summed E-state index contributed by atoms with van der Waals surface area (Å²) in [4.78, 5) is 27.5. The quantitative estimate of drug-likeness (QED) is 0.0633. The van der Waals surface area contributed by atoms with Gasteiger partial charge in [-0.05, 0) is 54.1 Å². The van der Waals surface area contributed by atoms with E-state index in [1.54, 1.807) is 37.4 Å². The van der Waals surface area contributed by atoms with Gasteiger partial charge < -0.3 is 21.7 Å². The van der Waals surface area contributed by atoms with Gasteiger partial charge in [0.1, 0.15) is 5.84 Å². The lowest BCUT2D eigenvalue weighted by atomic mass is 10.0. The third kappa shape index (κ3) is 11.2. The summed E-state index contributed by atoms with van der Waals surface area (Å²) in [6.07, 6.45) is -8.36. The van der Waals surface area contributed by atoms with Gasteiger partial charge in [-0.3, -0.25) is 10.2 Å². The smallest absolute Gasteiger partial charge is 0.475 e. The van der Waals surface area contributed by atoms with Crippen molar-refractivity contribution in [3.63, 3.8) is 0 Å². The zero-order chi connectivity index (χ0) is 35.6. The SMILES string of the molecule is CONC(N)=Nc1ccc(-c2cccc(S(=O)(=O)c3cc(C(=N)N)sc3SC)c2C)cc1.O=C(O)C(F)(F)F.O=C(O)C(F)(F)F. The molecule has 21 heteroatoms. The first-order valence-corrected chi connectivity index (χ1v) is 15.3. The summed E-state index contributed by atoms with van der Waals surface area (Å²) in [5.41, 5.74) is 16.6. The van der Waals surface area contributed by atoms with Crippen LogP contribution in [0.4, 0.5) is 32.0 Å². The van der Waals surface area contributed by atoms with Crippen molar-refractivity contribution in [3.8, 4) is 11.1 Å². The predicted octanol–water partition coefficient (Wildman–Crippen LogP) is 4.93. The second-order valence-corrected chi connectivity index (χ2v) is 12.3. The van der Waals surface area contributed by atoms with E-state index in [1.165, 1.54) is 36.3 Å². The largest absolute Gasteiger partial charge is 0.490 e. The molecule has 1 heterocycles. The standard InChI is InChI=1S/C21H23N5O3S3.2C2HF3O2/c1-12-15(13-7-9-14(10-8-13)25-21(24)26-29-2)5-4-6-17(12)32(27,28)18-11-16(19(22)23)31-20(18)30-3;2*3-2(4,5)1(6)7/h4-11H,1-3H3,(H3,22,23)(H3,24,25,26);2*(H,6,7). The number of aliphatic imine (C=N–C) groups is 1. The van der Waals surface area contributed by atoms with Crippen molar-refractivity contribution in [1.82, 2.24) is 5.48 Å². The van der Waals surface area contributed by atoms with E-state index in [9.17, 15) is 34.8 Å². The Balaban J connectivity index is 0.000000629. The number of nitrogens with one attached hydrogen (secondary N) is 2. The van der Waals surface area contributed by atoms with Gasteiger partial charge in [0.05, 0.1) is 31.7 Å². The molecule has 0 unspecified atom stereocenters. The molecule has 0 spiro atoms. The first-order chi connectivity index (χ1) is 21.1. The van der Waals surface area contributed by atoms with Crippen molar-refractivity contribution in [2.24, 2.45) is 16.5 Å². The number of halogens is 6. The van der Waals surface area contributed by atoms with E-state index in [0.717, 1.165) is 11.1 Å². The Morgan fingerprint density at radius 2 is 1.48 bits per heavy atom. The third-order valence-electron chi connectivity index (χ3n) is 5.10. The summed E-state index contributed by atoms with van der Waals surface area (Å²) >= 11 is 2.52. The van der Waals surface area contributed by atoms with E-state index in [0.29, 0.717) is 20.3 Å². The van der Waals surface area contributed by atoms with E-state index in [4.69, 9.17) is 41.5 Å². The number of amidine groups is 1. The molecule has 0 atom stereocenters. The number of nitrogen functional groups attached to an aromatic ring is 1. The molecule has 0 fully saturated rings. The molecule has 46 heavy (non-hydrogen) atoms. The minimum absolute atomic E-state index is 0.120. The molecule has 0 saturated carbocycles. The van der Waals surface area contributed by atoms with E-state index in [1.807, 2.05) is 18.2 Å². The Hall–Kier alpha value is -4.34. The van der Waals surface area contributed by atoms with Crippen LogP contribution in [0.2, 0.25) is 0 Å². The highest BCUT2D eigenvalue weighted by atomic mass is 32.2. The minimum Gasteiger partial charge on any atom is -0.475 e. The average molecular weight is 718 g/mol. The number of carboxylic acid groups (broad SMARTS) is 2. The number of rotatable bonds is 7. The maximum Gasteiger partial charge on any atom is 0.490 e. The molecular weight excluding hydrogens is 692 g/mol. The van der Waals surface area contributed by atoms with E-state index in [-0.39, 0.29) is 21.6 Å². The Morgan fingerprint density at radius 3 is 1.89 bits per heavy atom. The summed E-state index contributed by atoms with van der Waals surface area (Å²) in [5.74, 6) is -5.55. The number of guanidine groups is 1. The van der Waals surface area contributed by atoms with Gasteiger partial charge in [-0.25, -0.2) is 28.5 Å². The lowest BCUT2D eigenvalue weighted by Crippen LogP contribution is -2.29. The average Bonchev–Trinajstić information content (AvgIpc) is 3.40. The number of thiophene rings is 1. The fraction of sp³-hybridized carbons (Fsp3) is 0.200. The molecule has 0 bridgehead atoms. The molecule has 8 N–H and O–H groups in total. The maximum absolute atomic E-state index is 13.5. The molecule has 3 aromatic rings. The van der Waals surface area contributed by atoms with Crippen LogP contribution in [0.5, 0.6) is 0 Å². The number of aliphatic carboxylic acids is 2. The second kappa shape index (κ2) is 16.3. The van der Waals surface area contributed by atoms with Crippen LogP contribution in [0, 0.1) is 12.3 Å². The molecule has 0 radical (unpaired) electrons. The van der Waals surface area contributed by atoms with Gasteiger partial charge in [0, 0.05) is 0 Å². The van der Waals surface area contributed by atoms with Gasteiger partial charge >= 0.3 is 24.3 Å². The summed E-state index contributed by atoms with van der Waals surface area (Å²) in [6, 6.07) is 13.9. The second-order valence-electron chi connectivity index (χ2n) is 8.27. The summed E-state index contributed by atoms with van der Waals surface area (Å²) < 4.78 is 91.1. The van der Waals surface area contributed by atoms with Crippen molar-refractivity contribution in [3.05, 3.63) is 59.0 Å². The van der Waals surface area contributed by atoms with Crippen LogP contribution in [-0.2, 0) is 24.3 Å². The molecule has 0 saturated heterocycles. The number of sulfone groups is 1. The van der Waals surface area contributed by atoms with Crippen LogP contribution < -0.4 is 16.9 Å².